The summed E-state index contributed by atoms with van der Waals surface area (Å²) >= 11 is 6.18. The lowest BCUT2D eigenvalue weighted by molar-refractivity contribution is -0.132. The SMILES string of the molecule is CCC(=O)N(Cc1ccco1)Cc1cc2ccc(Cl)cc2nc1N1CCOCC1. The van der Waals surface area contributed by atoms with Crippen molar-refractivity contribution in [2.24, 2.45) is 0 Å². The number of pyridine rings is 1. The number of fused-ring (bicyclic) bond motifs is 1. The Labute approximate surface area is 175 Å². The van der Waals surface area contributed by atoms with Crippen molar-refractivity contribution in [3.8, 4) is 0 Å². The molecular formula is C22H24ClN3O3. The van der Waals surface area contributed by atoms with E-state index in [0.717, 1.165) is 41.1 Å². The van der Waals surface area contributed by atoms with Crippen LogP contribution < -0.4 is 4.90 Å². The van der Waals surface area contributed by atoms with Gasteiger partial charge in [0.05, 0.1) is 31.5 Å². The summed E-state index contributed by atoms with van der Waals surface area (Å²) in [5, 5.41) is 1.66. The standard InChI is InChI=1S/C22H24ClN3O3/c1-2-21(27)26(15-19-4-3-9-29-19)14-17-12-16-5-6-18(23)13-20(16)24-22(17)25-7-10-28-11-8-25/h3-6,9,12-13H,2,7-8,10-11,14-15H2,1H3. The van der Waals surface area contributed by atoms with Crippen LogP contribution in [0.25, 0.3) is 10.9 Å². The number of furan rings is 1. The zero-order chi connectivity index (χ0) is 20.2. The minimum Gasteiger partial charge on any atom is -0.467 e. The quantitative estimate of drug-likeness (QED) is 0.604. The van der Waals surface area contributed by atoms with Gasteiger partial charge in [0.15, 0.2) is 0 Å². The Kier molecular flexibility index (Phi) is 6.02. The van der Waals surface area contributed by atoms with Crippen LogP contribution in [0.4, 0.5) is 5.82 Å². The van der Waals surface area contributed by atoms with Crippen LogP contribution in [-0.4, -0.2) is 42.1 Å². The topological polar surface area (TPSA) is 58.8 Å². The molecule has 4 rings (SSSR count). The smallest absolute Gasteiger partial charge is 0.222 e. The maximum Gasteiger partial charge on any atom is 0.222 e. The van der Waals surface area contributed by atoms with Gasteiger partial charge in [0.2, 0.25) is 5.91 Å². The molecule has 7 heteroatoms. The number of aromatic nitrogens is 1. The first kappa shape index (κ1) is 19.7. The third-order valence-electron chi connectivity index (χ3n) is 5.09. The van der Waals surface area contributed by atoms with Crippen molar-refractivity contribution >= 4 is 34.2 Å². The van der Waals surface area contributed by atoms with Gasteiger partial charge in [-0.05, 0) is 30.3 Å². The second kappa shape index (κ2) is 8.84. The Morgan fingerprint density at radius 2 is 2.03 bits per heavy atom. The summed E-state index contributed by atoms with van der Waals surface area (Å²) in [6, 6.07) is 11.5. The van der Waals surface area contributed by atoms with E-state index in [4.69, 9.17) is 25.7 Å². The lowest BCUT2D eigenvalue weighted by atomic mass is 10.1. The van der Waals surface area contributed by atoms with E-state index in [0.29, 0.717) is 37.7 Å². The van der Waals surface area contributed by atoms with E-state index in [2.05, 4.69) is 11.0 Å². The first-order valence-electron chi connectivity index (χ1n) is 9.86. The van der Waals surface area contributed by atoms with E-state index in [-0.39, 0.29) is 5.91 Å². The molecule has 1 saturated heterocycles. The summed E-state index contributed by atoms with van der Waals surface area (Å²) in [7, 11) is 0. The fourth-order valence-electron chi connectivity index (χ4n) is 3.59. The van der Waals surface area contributed by atoms with Gasteiger partial charge in [-0.25, -0.2) is 4.98 Å². The fraction of sp³-hybridized carbons (Fsp3) is 0.364. The van der Waals surface area contributed by atoms with E-state index < -0.39 is 0 Å². The van der Waals surface area contributed by atoms with Crippen LogP contribution in [0.5, 0.6) is 0 Å². The third-order valence-corrected chi connectivity index (χ3v) is 5.32. The van der Waals surface area contributed by atoms with Crippen LogP contribution in [0.2, 0.25) is 5.02 Å². The van der Waals surface area contributed by atoms with Crippen LogP contribution in [0.1, 0.15) is 24.7 Å². The molecule has 0 atom stereocenters. The molecule has 0 radical (unpaired) electrons. The molecule has 0 N–H and O–H groups in total. The molecule has 2 aromatic heterocycles. The summed E-state index contributed by atoms with van der Waals surface area (Å²) in [6.07, 6.45) is 2.06. The molecule has 1 fully saturated rings. The maximum atomic E-state index is 12.7. The van der Waals surface area contributed by atoms with E-state index >= 15 is 0 Å². The minimum atomic E-state index is 0.0746. The number of hydrogen-bond acceptors (Lipinski definition) is 5. The molecular weight excluding hydrogens is 390 g/mol. The first-order chi connectivity index (χ1) is 14.1. The van der Waals surface area contributed by atoms with Gasteiger partial charge in [-0.15, -0.1) is 0 Å². The van der Waals surface area contributed by atoms with Crippen molar-refractivity contribution in [1.82, 2.24) is 9.88 Å². The predicted octanol–water partition coefficient (Wildman–Crippen LogP) is 4.26. The minimum absolute atomic E-state index is 0.0746. The van der Waals surface area contributed by atoms with Gasteiger partial charge in [-0.3, -0.25) is 4.79 Å². The van der Waals surface area contributed by atoms with E-state index in [1.54, 1.807) is 6.26 Å². The van der Waals surface area contributed by atoms with E-state index in [1.165, 1.54) is 0 Å². The van der Waals surface area contributed by atoms with Crippen LogP contribution in [0.3, 0.4) is 0 Å². The average molecular weight is 414 g/mol. The molecule has 1 aliphatic heterocycles. The largest absolute Gasteiger partial charge is 0.467 e. The number of carbonyl (C=O) groups is 1. The fourth-order valence-corrected chi connectivity index (χ4v) is 3.76. The summed E-state index contributed by atoms with van der Waals surface area (Å²) in [5.41, 5.74) is 1.86. The Hall–Kier alpha value is -2.57. The van der Waals surface area contributed by atoms with Gasteiger partial charge < -0.3 is 19.0 Å². The van der Waals surface area contributed by atoms with Gasteiger partial charge in [-0.2, -0.15) is 0 Å². The molecule has 0 bridgehead atoms. The van der Waals surface area contributed by atoms with Gasteiger partial charge in [0.1, 0.15) is 11.6 Å². The molecule has 0 spiro atoms. The van der Waals surface area contributed by atoms with Crippen molar-refractivity contribution in [1.29, 1.82) is 0 Å². The molecule has 0 unspecified atom stereocenters. The number of rotatable bonds is 6. The molecule has 1 amide bonds. The molecule has 3 aromatic rings. The molecule has 152 valence electrons. The molecule has 1 aromatic carbocycles. The second-order valence-corrected chi connectivity index (χ2v) is 7.53. The molecule has 0 saturated carbocycles. The number of ether oxygens (including phenoxy) is 1. The van der Waals surface area contributed by atoms with Crippen LogP contribution in [0, 0.1) is 0 Å². The molecule has 6 nitrogen and oxygen atoms in total. The van der Waals surface area contributed by atoms with Crippen molar-refractivity contribution in [3.05, 3.63) is 59.0 Å². The van der Waals surface area contributed by atoms with Gasteiger partial charge in [-0.1, -0.05) is 24.6 Å². The summed E-state index contributed by atoms with van der Waals surface area (Å²) in [6.45, 7) is 5.64. The number of morpholine rings is 1. The first-order valence-corrected chi connectivity index (χ1v) is 10.2. The third kappa shape index (κ3) is 4.54. The van der Waals surface area contributed by atoms with Crippen molar-refractivity contribution < 1.29 is 13.9 Å². The normalized spacial score (nSPS) is 14.3. The van der Waals surface area contributed by atoms with Crippen molar-refractivity contribution in [2.75, 3.05) is 31.2 Å². The average Bonchev–Trinajstić information content (AvgIpc) is 3.26. The predicted molar refractivity (Wildman–Crippen MR) is 113 cm³/mol. The van der Waals surface area contributed by atoms with Crippen LogP contribution in [-0.2, 0) is 22.6 Å². The number of halogens is 1. The van der Waals surface area contributed by atoms with Crippen LogP contribution in [0.15, 0.2) is 47.1 Å². The lowest BCUT2D eigenvalue weighted by Gasteiger charge is -2.31. The number of benzene rings is 1. The zero-order valence-electron chi connectivity index (χ0n) is 16.4. The highest BCUT2D eigenvalue weighted by atomic mass is 35.5. The summed E-state index contributed by atoms with van der Waals surface area (Å²) < 4.78 is 11.0. The lowest BCUT2D eigenvalue weighted by Crippen LogP contribution is -2.38. The van der Waals surface area contributed by atoms with Crippen molar-refractivity contribution in [2.45, 2.75) is 26.4 Å². The Morgan fingerprint density at radius 3 is 2.76 bits per heavy atom. The molecule has 0 aliphatic carbocycles. The Balaban J connectivity index is 1.72. The van der Waals surface area contributed by atoms with E-state index in [1.807, 2.05) is 42.2 Å². The van der Waals surface area contributed by atoms with Crippen molar-refractivity contribution in [3.63, 3.8) is 0 Å². The highest BCUT2D eigenvalue weighted by molar-refractivity contribution is 6.31. The number of amides is 1. The maximum absolute atomic E-state index is 12.7. The second-order valence-electron chi connectivity index (χ2n) is 7.09. The summed E-state index contributed by atoms with van der Waals surface area (Å²) in [5.74, 6) is 1.72. The number of anilines is 1. The molecule has 29 heavy (non-hydrogen) atoms. The van der Waals surface area contributed by atoms with Crippen LogP contribution >= 0.6 is 11.6 Å². The van der Waals surface area contributed by atoms with Gasteiger partial charge in [0, 0.05) is 42.0 Å². The summed E-state index contributed by atoms with van der Waals surface area (Å²) in [4.78, 5) is 21.6. The van der Waals surface area contributed by atoms with Gasteiger partial charge >= 0.3 is 0 Å². The Bertz CT molecular complexity index is 984. The Morgan fingerprint density at radius 1 is 1.21 bits per heavy atom. The van der Waals surface area contributed by atoms with E-state index in [9.17, 15) is 4.79 Å². The highest BCUT2D eigenvalue weighted by Crippen LogP contribution is 2.28. The molecule has 3 heterocycles. The number of hydrogen-bond donors (Lipinski definition) is 0. The highest BCUT2D eigenvalue weighted by Gasteiger charge is 2.21. The molecule has 1 aliphatic rings. The van der Waals surface area contributed by atoms with Gasteiger partial charge in [0.25, 0.3) is 0 Å². The zero-order valence-corrected chi connectivity index (χ0v) is 17.2. The number of carbonyl (C=O) groups excluding carboxylic acids is 1. The monoisotopic (exact) mass is 413 g/mol. The number of nitrogens with zero attached hydrogens (tertiary/aromatic N) is 3.